The van der Waals surface area contributed by atoms with E-state index in [0.717, 1.165) is 91.5 Å². The first-order chi connectivity index (χ1) is 21.8. The van der Waals surface area contributed by atoms with Crippen LogP contribution in [0.1, 0.15) is 53.4 Å². The molecule has 2 aromatic rings. The van der Waals surface area contributed by atoms with Crippen LogP contribution in [0.25, 0.3) is 33.4 Å². The molecule has 10 nitrogen and oxygen atoms in total. The van der Waals surface area contributed by atoms with Gasteiger partial charge in [0, 0.05) is 58.9 Å². The molecule has 0 atom stereocenters. The van der Waals surface area contributed by atoms with Crippen LogP contribution in [0.4, 0.5) is 5.69 Å². The van der Waals surface area contributed by atoms with Crippen molar-refractivity contribution in [1.82, 2.24) is 9.30 Å². The highest BCUT2D eigenvalue weighted by Gasteiger charge is 2.24. The van der Waals surface area contributed by atoms with E-state index in [1.165, 1.54) is 6.07 Å². The molecule has 45 heavy (non-hydrogen) atoms. The third kappa shape index (κ3) is 8.25. The van der Waals surface area contributed by atoms with Gasteiger partial charge in [-0.05, 0) is 83.0 Å². The Labute approximate surface area is 270 Å². The molecule has 0 bridgehead atoms. The minimum Gasteiger partial charge on any atom is -0.456 e. The Kier molecular flexibility index (Phi) is 12.8. The van der Waals surface area contributed by atoms with Crippen molar-refractivity contribution in [2.45, 2.75) is 63.2 Å². The lowest BCUT2D eigenvalue weighted by atomic mass is 9.93. The zero-order valence-corrected chi connectivity index (χ0v) is 28.2. The van der Waals surface area contributed by atoms with Crippen molar-refractivity contribution in [3.05, 3.63) is 60.0 Å². The van der Waals surface area contributed by atoms with Crippen LogP contribution in [0.3, 0.4) is 0 Å². The fourth-order valence-corrected chi connectivity index (χ4v) is 7.35. The average Bonchev–Trinajstić information content (AvgIpc) is 3.05. The minimum absolute atomic E-state index is 0.0825. The number of hydrogen-bond acceptors (Lipinski definition) is 9. The smallest absolute Gasteiger partial charge is 0.240 e. The van der Waals surface area contributed by atoms with Crippen molar-refractivity contribution in [3.8, 4) is 22.5 Å². The first kappa shape index (κ1) is 34.9. The maximum Gasteiger partial charge on any atom is 0.240 e. The normalized spacial score (nSPS) is 11.9. The Balaban J connectivity index is 1.90. The summed E-state index contributed by atoms with van der Waals surface area (Å²) in [5.41, 5.74) is 9.71. The van der Waals surface area contributed by atoms with Gasteiger partial charge >= 0.3 is 0 Å². The molecule has 4 rings (SSSR count). The van der Waals surface area contributed by atoms with Crippen molar-refractivity contribution >= 4 is 38.7 Å². The summed E-state index contributed by atoms with van der Waals surface area (Å²) < 4.78 is 42.9. The molecular formula is C33H45N4O6S2+. The summed E-state index contributed by atoms with van der Waals surface area (Å²) in [5, 5.41) is 14.9. The molecule has 0 saturated heterocycles. The molecule has 1 aliphatic heterocycles. The first-order valence-electron chi connectivity index (χ1n) is 15.6. The van der Waals surface area contributed by atoms with E-state index in [2.05, 4.69) is 59.1 Å². The molecule has 2 aliphatic rings. The summed E-state index contributed by atoms with van der Waals surface area (Å²) in [5.74, 6) is 0.696. The van der Waals surface area contributed by atoms with Gasteiger partial charge < -0.3 is 15.1 Å². The lowest BCUT2D eigenvalue weighted by molar-refractivity contribution is -0.432. The van der Waals surface area contributed by atoms with Gasteiger partial charge in [0.2, 0.25) is 15.4 Å². The number of nitrogens with one attached hydrogen (secondary N) is 1. The largest absolute Gasteiger partial charge is 0.456 e. The van der Waals surface area contributed by atoms with Crippen LogP contribution in [0.5, 0.6) is 0 Å². The fourth-order valence-electron chi connectivity index (χ4n) is 5.64. The van der Waals surface area contributed by atoms with E-state index in [4.69, 9.17) is 19.7 Å². The third-order valence-corrected chi connectivity index (χ3v) is 10.2. The molecule has 0 amide bonds. The van der Waals surface area contributed by atoms with Gasteiger partial charge in [0.15, 0.2) is 0 Å². The van der Waals surface area contributed by atoms with Gasteiger partial charge in [-0.15, -0.1) is 4.33 Å². The van der Waals surface area contributed by atoms with Crippen LogP contribution in [0, 0.1) is 0 Å². The van der Waals surface area contributed by atoms with Crippen molar-refractivity contribution in [3.63, 3.8) is 0 Å². The Morgan fingerprint density at radius 2 is 1.67 bits per heavy atom. The van der Waals surface area contributed by atoms with Crippen molar-refractivity contribution in [1.29, 1.82) is 0 Å². The molecule has 12 heteroatoms. The molecule has 0 spiro atoms. The number of sulfonamides is 1. The van der Waals surface area contributed by atoms with Crippen LogP contribution in [0.15, 0.2) is 68.8 Å². The van der Waals surface area contributed by atoms with Gasteiger partial charge in [0.05, 0.1) is 23.0 Å². The van der Waals surface area contributed by atoms with E-state index in [9.17, 15) is 8.42 Å². The number of fused-ring (bicyclic) bond motifs is 2. The summed E-state index contributed by atoms with van der Waals surface area (Å²) in [4.78, 5) is 2.78. The van der Waals surface area contributed by atoms with E-state index >= 15 is 0 Å². The quantitative estimate of drug-likeness (QED) is 0.0309. The van der Waals surface area contributed by atoms with Gasteiger partial charge in [-0.2, -0.15) is 0 Å². The van der Waals surface area contributed by atoms with Gasteiger partial charge in [-0.1, -0.05) is 23.9 Å². The summed E-state index contributed by atoms with van der Waals surface area (Å²) in [7, 11) is -3.80. The average molecular weight is 658 g/mol. The standard InChI is InChI=1S/C33H44N4O6S2/c1-5-36(6-2)24-13-16-27-30(21-24)41-31-22-25(37(7-3)8-4)14-17-28(31)33(27)29-18-15-26(23-32(29)44-43-42-38)45(39,40)35-20-12-10-9-11-19-34/h13-18,21-23,35H,5-12,19-20,34H2,1-4H3/p+1. The zero-order valence-electron chi connectivity index (χ0n) is 26.5. The van der Waals surface area contributed by atoms with Crippen molar-refractivity contribution in [2.75, 3.05) is 44.2 Å². The van der Waals surface area contributed by atoms with Gasteiger partial charge in [-0.25, -0.2) is 23.0 Å². The summed E-state index contributed by atoms with van der Waals surface area (Å²) in [6.45, 7) is 12.8. The Morgan fingerprint density at radius 1 is 0.933 bits per heavy atom. The SMILES string of the molecule is CCN(CC)c1ccc2c(-c3ccc(S(=O)(=O)NCCCCCCN)cc3SOOO)c3ccc(=[N+](CC)CC)cc-3oc2c1. The Bertz CT molecular complexity index is 1710. The summed E-state index contributed by atoms with van der Waals surface area (Å²) >= 11 is 0.734. The molecule has 0 fully saturated rings. The van der Waals surface area contributed by atoms with Crippen LogP contribution < -0.4 is 25.3 Å². The monoisotopic (exact) mass is 657 g/mol. The highest BCUT2D eigenvalue weighted by atomic mass is 32.2. The molecule has 244 valence electrons. The van der Waals surface area contributed by atoms with E-state index in [0.29, 0.717) is 34.9 Å². The second-order valence-corrected chi connectivity index (χ2v) is 13.2. The number of nitrogens with two attached hydrogens (primary N) is 1. The predicted molar refractivity (Wildman–Crippen MR) is 182 cm³/mol. The van der Waals surface area contributed by atoms with E-state index < -0.39 is 10.0 Å². The fraction of sp³-hybridized carbons (Fsp3) is 0.424. The first-order valence-corrected chi connectivity index (χ1v) is 17.9. The molecule has 1 aliphatic carbocycles. The van der Waals surface area contributed by atoms with Gasteiger partial charge in [0.1, 0.15) is 24.4 Å². The van der Waals surface area contributed by atoms with Crippen LogP contribution in [0.2, 0.25) is 0 Å². The Hall–Kier alpha value is -2.97. The number of hydrogen-bond donors (Lipinski definition) is 3. The van der Waals surface area contributed by atoms with Crippen LogP contribution >= 0.6 is 12.0 Å². The van der Waals surface area contributed by atoms with Gasteiger partial charge in [-0.3, -0.25) is 0 Å². The maximum absolute atomic E-state index is 13.2. The summed E-state index contributed by atoms with van der Waals surface area (Å²) in [6.07, 6.45) is 3.50. The lowest BCUT2D eigenvalue weighted by Gasteiger charge is -2.22. The van der Waals surface area contributed by atoms with Gasteiger partial charge in [0.25, 0.3) is 0 Å². The molecule has 0 saturated carbocycles. The molecule has 2 aromatic carbocycles. The molecule has 0 radical (unpaired) electrons. The van der Waals surface area contributed by atoms with Crippen molar-refractivity contribution in [2.24, 2.45) is 5.73 Å². The van der Waals surface area contributed by atoms with E-state index in [1.807, 2.05) is 24.3 Å². The number of rotatable bonds is 17. The number of unbranched alkanes of at least 4 members (excludes halogenated alkanes) is 3. The van der Waals surface area contributed by atoms with E-state index in [-0.39, 0.29) is 4.90 Å². The highest BCUT2D eigenvalue weighted by molar-refractivity contribution is 7.94. The van der Waals surface area contributed by atoms with Crippen LogP contribution in [-0.4, -0.2) is 52.9 Å². The second-order valence-electron chi connectivity index (χ2n) is 10.7. The lowest BCUT2D eigenvalue weighted by Crippen LogP contribution is -2.29. The summed E-state index contributed by atoms with van der Waals surface area (Å²) in [6, 6.07) is 17.2. The molecule has 4 N–H and O–H groups in total. The zero-order chi connectivity index (χ0) is 32.4. The van der Waals surface area contributed by atoms with Crippen LogP contribution in [-0.2, 0) is 19.4 Å². The maximum atomic E-state index is 13.2. The number of anilines is 1. The predicted octanol–water partition coefficient (Wildman–Crippen LogP) is 6.09. The van der Waals surface area contributed by atoms with E-state index in [1.54, 1.807) is 12.1 Å². The van der Waals surface area contributed by atoms with Crippen molar-refractivity contribution < 1.29 is 27.5 Å². The molecule has 0 aromatic heterocycles. The minimum atomic E-state index is -3.80. The number of benzene rings is 3. The topological polar surface area (TPSA) is 130 Å². The molecule has 1 heterocycles. The molecular weight excluding hydrogens is 613 g/mol. The second kappa shape index (κ2) is 16.5. The number of nitrogens with zero attached hydrogens (tertiary/aromatic N) is 2. The highest BCUT2D eigenvalue weighted by Crippen LogP contribution is 2.44. The molecule has 0 unspecified atom stereocenters. The Morgan fingerprint density at radius 3 is 2.36 bits per heavy atom. The third-order valence-electron chi connectivity index (χ3n) is 8.06.